The molecule has 126 valence electrons. The molecule has 2 aliphatic rings. The third kappa shape index (κ3) is 4.22. The largest absolute Gasteiger partial charge is 0.370 e. The number of hydrogen-bond acceptors (Lipinski definition) is 4. The van der Waals surface area contributed by atoms with Gasteiger partial charge in [0.2, 0.25) is 5.91 Å². The standard InChI is InChI=1S/C16H24N4O2S/c1-10-9-23-15(18-10)14(12-2-3-12)19-16(22)20-6-4-11(5-7-20)8-13(17)21/h9,11-12,14H,2-8H2,1H3,(H2,17,21)(H,19,22)/t14-/m0/s1. The number of rotatable bonds is 5. The van der Waals surface area contributed by atoms with E-state index in [0.717, 1.165) is 36.4 Å². The summed E-state index contributed by atoms with van der Waals surface area (Å²) in [5.41, 5.74) is 6.26. The van der Waals surface area contributed by atoms with Gasteiger partial charge >= 0.3 is 6.03 Å². The maximum atomic E-state index is 12.5. The van der Waals surface area contributed by atoms with E-state index in [4.69, 9.17) is 5.73 Å². The molecule has 1 aromatic heterocycles. The van der Waals surface area contributed by atoms with Crippen molar-refractivity contribution in [3.05, 3.63) is 16.1 Å². The highest BCUT2D eigenvalue weighted by atomic mass is 32.1. The second kappa shape index (κ2) is 6.86. The Kier molecular flexibility index (Phi) is 4.84. The molecule has 0 aromatic carbocycles. The first kappa shape index (κ1) is 16.2. The van der Waals surface area contributed by atoms with Crippen molar-refractivity contribution in [1.29, 1.82) is 0 Å². The molecule has 23 heavy (non-hydrogen) atoms. The highest BCUT2D eigenvalue weighted by molar-refractivity contribution is 7.09. The van der Waals surface area contributed by atoms with Crippen LogP contribution in [0.25, 0.3) is 0 Å². The molecule has 1 saturated heterocycles. The van der Waals surface area contributed by atoms with E-state index < -0.39 is 0 Å². The second-order valence-corrected chi connectivity index (χ2v) is 7.58. The normalized spacial score (nSPS) is 20.3. The molecule has 1 atom stereocenters. The fraction of sp³-hybridized carbons (Fsp3) is 0.688. The van der Waals surface area contributed by atoms with Crippen molar-refractivity contribution in [3.8, 4) is 0 Å². The van der Waals surface area contributed by atoms with E-state index in [-0.39, 0.29) is 18.0 Å². The van der Waals surface area contributed by atoms with Crippen molar-refractivity contribution < 1.29 is 9.59 Å². The van der Waals surface area contributed by atoms with Crippen molar-refractivity contribution in [2.75, 3.05) is 13.1 Å². The van der Waals surface area contributed by atoms with Crippen molar-refractivity contribution in [2.24, 2.45) is 17.6 Å². The summed E-state index contributed by atoms with van der Waals surface area (Å²) in [6.45, 7) is 3.37. The van der Waals surface area contributed by atoms with Crippen LogP contribution in [0.3, 0.4) is 0 Å². The number of piperidine rings is 1. The molecule has 1 aliphatic carbocycles. The van der Waals surface area contributed by atoms with E-state index in [1.165, 1.54) is 0 Å². The minimum Gasteiger partial charge on any atom is -0.370 e. The molecule has 1 aromatic rings. The summed E-state index contributed by atoms with van der Waals surface area (Å²) in [5, 5.41) is 6.23. The van der Waals surface area contributed by atoms with Gasteiger partial charge in [0.05, 0.1) is 6.04 Å². The van der Waals surface area contributed by atoms with Gasteiger partial charge in [-0.25, -0.2) is 9.78 Å². The maximum Gasteiger partial charge on any atom is 0.317 e. The summed E-state index contributed by atoms with van der Waals surface area (Å²) in [6.07, 6.45) is 4.44. The van der Waals surface area contributed by atoms with Crippen LogP contribution >= 0.6 is 11.3 Å². The van der Waals surface area contributed by atoms with Gasteiger partial charge in [0.1, 0.15) is 5.01 Å². The van der Waals surface area contributed by atoms with Gasteiger partial charge in [-0.1, -0.05) is 0 Å². The van der Waals surface area contributed by atoms with Crippen LogP contribution in [-0.4, -0.2) is 34.9 Å². The van der Waals surface area contributed by atoms with Crippen LogP contribution in [-0.2, 0) is 4.79 Å². The van der Waals surface area contributed by atoms with Crippen LogP contribution in [0, 0.1) is 18.8 Å². The summed E-state index contributed by atoms with van der Waals surface area (Å²) < 4.78 is 0. The smallest absolute Gasteiger partial charge is 0.317 e. The number of nitrogens with two attached hydrogens (primary N) is 1. The fourth-order valence-electron chi connectivity index (χ4n) is 3.17. The highest BCUT2D eigenvalue weighted by Crippen LogP contribution is 2.42. The average Bonchev–Trinajstić information content (AvgIpc) is 3.26. The number of primary amides is 1. The second-order valence-electron chi connectivity index (χ2n) is 6.69. The molecule has 0 spiro atoms. The molecule has 0 radical (unpaired) electrons. The predicted molar refractivity (Wildman–Crippen MR) is 89.0 cm³/mol. The van der Waals surface area contributed by atoms with Gasteiger partial charge in [0, 0.05) is 30.6 Å². The number of carbonyl (C=O) groups excluding carboxylic acids is 2. The molecular formula is C16H24N4O2S. The topological polar surface area (TPSA) is 88.3 Å². The fourth-order valence-corrected chi connectivity index (χ4v) is 4.11. The van der Waals surface area contributed by atoms with Gasteiger partial charge in [-0.15, -0.1) is 11.3 Å². The number of carbonyl (C=O) groups is 2. The molecule has 3 rings (SSSR count). The van der Waals surface area contributed by atoms with Crippen molar-refractivity contribution in [3.63, 3.8) is 0 Å². The van der Waals surface area contributed by atoms with Gasteiger partial charge < -0.3 is 16.0 Å². The minimum atomic E-state index is -0.249. The average molecular weight is 336 g/mol. The molecule has 3 amide bonds. The Morgan fingerprint density at radius 3 is 2.61 bits per heavy atom. The number of aromatic nitrogens is 1. The Hall–Kier alpha value is -1.63. The lowest BCUT2D eigenvalue weighted by Crippen LogP contribution is -2.46. The van der Waals surface area contributed by atoms with E-state index in [1.807, 2.05) is 17.2 Å². The summed E-state index contributed by atoms with van der Waals surface area (Å²) in [4.78, 5) is 29.9. The number of aryl methyl sites for hydroxylation is 1. The predicted octanol–water partition coefficient (Wildman–Crippen LogP) is 2.20. The molecule has 0 bridgehead atoms. The van der Waals surface area contributed by atoms with Gasteiger partial charge in [0.25, 0.3) is 0 Å². The number of nitrogens with one attached hydrogen (secondary N) is 1. The van der Waals surface area contributed by atoms with Crippen LogP contribution in [0.1, 0.15) is 48.8 Å². The lowest BCUT2D eigenvalue weighted by molar-refractivity contribution is -0.119. The Morgan fingerprint density at radius 1 is 1.39 bits per heavy atom. The van der Waals surface area contributed by atoms with Crippen molar-refractivity contribution in [2.45, 2.75) is 45.1 Å². The van der Waals surface area contributed by atoms with E-state index in [9.17, 15) is 9.59 Å². The lowest BCUT2D eigenvalue weighted by Gasteiger charge is -2.32. The number of likely N-dealkylation sites (tertiary alicyclic amines) is 1. The molecule has 3 N–H and O–H groups in total. The maximum absolute atomic E-state index is 12.5. The Bertz CT molecular complexity index is 576. The Labute approximate surface area is 140 Å². The van der Waals surface area contributed by atoms with Gasteiger partial charge in [0.15, 0.2) is 0 Å². The SMILES string of the molecule is Cc1csc([C@@H](NC(=O)N2CCC(CC(N)=O)CC2)C2CC2)n1. The van der Waals surface area contributed by atoms with Crippen molar-refractivity contribution >= 4 is 23.3 Å². The first-order valence-corrected chi connectivity index (χ1v) is 9.16. The van der Waals surface area contributed by atoms with Crippen LogP contribution in [0.5, 0.6) is 0 Å². The van der Waals surface area contributed by atoms with Crippen LogP contribution < -0.4 is 11.1 Å². The molecule has 1 aliphatic heterocycles. The molecule has 6 nitrogen and oxygen atoms in total. The van der Waals surface area contributed by atoms with Gasteiger partial charge in [-0.2, -0.15) is 0 Å². The number of amides is 3. The summed E-state index contributed by atoms with van der Waals surface area (Å²) in [5.74, 6) is 0.593. The summed E-state index contributed by atoms with van der Waals surface area (Å²) in [6, 6.07) is 0.0387. The number of nitrogens with zero attached hydrogens (tertiary/aromatic N) is 2. The monoisotopic (exact) mass is 336 g/mol. The number of thiazole rings is 1. The molecule has 2 fully saturated rings. The van der Waals surface area contributed by atoms with Gasteiger partial charge in [-0.3, -0.25) is 4.79 Å². The zero-order valence-corrected chi connectivity index (χ0v) is 14.3. The first-order valence-electron chi connectivity index (χ1n) is 8.28. The molecule has 7 heteroatoms. The lowest BCUT2D eigenvalue weighted by atomic mass is 9.93. The van der Waals surface area contributed by atoms with Crippen LogP contribution in [0.2, 0.25) is 0 Å². The quantitative estimate of drug-likeness (QED) is 0.864. The van der Waals surface area contributed by atoms with E-state index in [1.54, 1.807) is 11.3 Å². The zero-order chi connectivity index (χ0) is 16.4. The van der Waals surface area contributed by atoms with Crippen LogP contribution in [0.15, 0.2) is 5.38 Å². The van der Waals surface area contributed by atoms with Crippen molar-refractivity contribution in [1.82, 2.24) is 15.2 Å². The third-order valence-electron chi connectivity index (χ3n) is 4.67. The Balaban J connectivity index is 1.55. The summed E-state index contributed by atoms with van der Waals surface area (Å²) in [7, 11) is 0. The first-order chi connectivity index (χ1) is 11.0. The summed E-state index contributed by atoms with van der Waals surface area (Å²) >= 11 is 1.63. The molecule has 1 saturated carbocycles. The zero-order valence-electron chi connectivity index (χ0n) is 13.5. The third-order valence-corrected chi connectivity index (χ3v) is 5.71. The van der Waals surface area contributed by atoms with Crippen LogP contribution in [0.4, 0.5) is 4.79 Å². The van der Waals surface area contributed by atoms with E-state index >= 15 is 0 Å². The van der Waals surface area contributed by atoms with E-state index in [0.29, 0.717) is 31.3 Å². The Morgan fingerprint density at radius 2 is 2.09 bits per heavy atom. The molecule has 2 heterocycles. The minimum absolute atomic E-state index is 0.00715. The number of urea groups is 1. The van der Waals surface area contributed by atoms with Gasteiger partial charge in [-0.05, 0) is 44.4 Å². The van der Waals surface area contributed by atoms with E-state index in [2.05, 4.69) is 10.3 Å². The molecular weight excluding hydrogens is 312 g/mol. The highest BCUT2D eigenvalue weighted by Gasteiger charge is 2.36. The molecule has 0 unspecified atom stereocenters. The number of hydrogen-bond donors (Lipinski definition) is 2.